The molecule has 25 heavy (non-hydrogen) atoms. The molecule has 0 bridgehead atoms. The topological polar surface area (TPSA) is 38.3 Å². The summed E-state index contributed by atoms with van der Waals surface area (Å²) in [5, 5.41) is 2.70. The van der Waals surface area contributed by atoms with Gasteiger partial charge in [-0.2, -0.15) is 0 Å². The second-order valence-corrected chi connectivity index (χ2v) is 6.79. The number of hydrogen-bond acceptors (Lipinski definition) is 2. The zero-order valence-corrected chi connectivity index (χ0v) is 14.6. The number of carbonyl (C=O) groups excluding carboxylic acids is 1. The molecule has 1 aliphatic carbocycles. The van der Waals surface area contributed by atoms with E-state index >= 15 is 0 Å². The average molecular weight is 414 g/mol. The Morgan fingerprint density at radius 3 is 2.68 bits per heavy atom. The summed E-state index contributed by atoms with van der Waals surface area (Å²) in [7, 11) is 0. The van der Waals surface area contributed by atoms with Crippen molar-refractivity contribution in [3.05, 3.63) is 64.1 Å². The van der Waals surface area contributed by atoms with E-state index in [1.54, 1.807) is 6.07 Å². The maximum Gasteiger partial charge on any atom is 0.573 e. The molecule has 1 amide bonds. The van der Waals surface area contributed by atoms with E-state index in [4.69, 9.17) is 0 Å². The largest absolute Gasteiger partial charge is 0.573 e. The molecule has 0 aliphatic heterocycles. The second-order valence-electron chi connectivity index (χ2n) is 5.88. The van der Waals surface area contributed by atoms with Gasteiger partial charge >= 0.3 is 6.36 Å². The second kappa shape index (κ2) is 7.07. The summed E-state index contributed by atoms with van der Waals surface area (Å²) in [4.78, 5) is 12.3. The van der Waals surface area contributed by atoms with E-state index in [2.05, 4.69) is 26.0 Å². The maximum absolute atomic E-state index is 12.4. The summed E-state index contributed by atoms with van der Waals surface area (Å²) in [5.41, 5.74) is 1.36. The van der Waals surface area contributed by atoms with Gasteiger partial charge in [-0.25, -0.2) is 0 Å². The lowest BCUT2D eigenvalue weighted by Gasteiger charge is -2.13. The summed E-state index contributed by atoms with van der Waals surface area (Å²) in [5.74, 6) is -0.453. The minimum Gasteiger partial charge on any atom is -0.405 e. The molecule has 2 aromatic rings. The smallest absolute Gasteiger partial charge is 0.405 e. The van der Waals surface area contributed by atoms with Gasteiger partial charge in [0.25, 0.3) is 0 Å². The SMILES string of the molecule is O=C(NCc1ccccc1OC(F)(F)F)C1CC1c1cccc(Br)c1. The predicted molar refractivity (Wildman–Crippen MR) is 90.0 cm³/mol. The van der Waals surface area contributed by atoms with Crippen LogP contribution in [0.2, 0.25) is 0 Å². The number of ether oxygens (including phenoxy) is 1. The Labute approximate surface area is 151 Å². The standard InChI is InChI=1S/C18H15BrF3NO2/c19-13-6-3-5-11(8-13)14-9-15(14)17(24)23-10-12-4-1-2-7-16(12)25-18(20,21)22/h1-8,14-15H,9-10H2,(H,23,24). The van der Waals surface area contributed by atoms with Crippen molar-refractivity contribution in [1.29, 1.82) is 0 Å². The predicted octanol–water partition coefficient (Wildman–Crippen LogP) is 4.77. The molecule has 1 aliphatic rings. The molecular weight excluding hydrogens is 399 g/mol. The highest BCUT2D eigenvalue weighted by Crippen LogP contribution is 2.48. The Morgan fingerprint density at radius 1 is 1.20 bits per heavy atom. The lowest BCUT2D eigenvalue weighted by atomic mass is 10.1. The summed E-state index contributed by atoms with van der Waals surface area (Å²) in [6.45, 7) is -0.00715. The molecule has 132 valence electrons. The van der Waals surface area contributed by atoms with Gasteiger partial charge in [-0.05, 0) is 36.1 Å². The van der Waals surface area contributed by atoms with E-state index in [0.717, 1.165) is 16.5 Å². The number of para-hydroxylation sites is 1. The molecule has 1 N–H and O–H groups in total. The van der Waals surface area contributed by atoms with Crippen LogP contribution in [0.4, 0.5) is 13.2 Å². The first-order valence-corrected chi connectivity index (χ1v) is 8.49. The molecule has 1 saturated carbocycles. The third-order valence-corrected chi connectivity index (χ3v) is 4.55. The van der Waals surface area contributed by atoms with Crippen LogP contribution < -0.4 is 10.1 Å². The fourth-order valence-electron chi connectivity index (χ4n) is 2.78. The molecular formula is C18H15BrF3NO2. The molecule has 0 aromatic heterocycles. The Hall–Kier alpha value is -2.02. The van der Waals surface area contributed by atoms with Crippen molar-refractivity contribution in [3.63, 3.8) is 0 Å². The number of hydrogen-bond donors (Lipinski definition) is 1. The minimum absolute atomic E-state index is 0.00715. The third-order valence-electron chi connectivity index (χ3n) is 4.06. The van der Waals surface area contributed by atoms with E-state index in [1.165, 1.54) is 18.2 Å². The minimum atomic E-state index is -4.76. The lowest BCUT2D eigenvalue weighted by Crippen LogP contribution is -2.26. The monoisotopic (exact) mass is 413 g/mol. The van der Waals surface area contributed by atoms with Gasteiger partial charge in [0, 0.05) is 22.5 Å². The molecule has 2 aromatic carbocycles. The Bertz CT molecular complexity index is 779. The number of nitrogens with one attached hydrogen (secondary N) is 1. The highest BCUT2D eigenvalue weighted by atomic mass is 79.9. The average Bonchev–Trinajstić information content (AvgIpc) is 3.33. The van der Waals surface area contributed by atoms with Crippen LogP contribution in [0.15, 0.2) is 53.0 Å². The van der Waals surface area contributed by atoms with Gasteiger partial charge in [-0.1, -0.05) is 46.3 Å². The van der Waals surface area contributed by atoms with E-state index in [1.807, 2.05) is 24.3 Å². The number of carbonyl (C=O) groups is 1. The van der Waals surface area contributed by atoms with Crippen molar-refractivity contribution in [1.82, 2.24) is 5.32 Å². The zero-order valence-electron chi connectivity index (χ0n) is 13.0. The van der Waals surface area contributed by atoms with Crippen molar-refractivity contribution in [2.45, 2.75) is 25.2 Å². The molecule has 0 radical (unpaired) electrons. The van der Waals surface area contributed by atoms with Crippen LogP contribution in [0, 0.1) is 5.92 Å². The summed E-state index contributed by atoms with van der Waals surface area (Å²) in [6.07, 6.45) is -4.02. The van der Waals surface area contributed by atoms with E-state index in [0.29, 0.717) is 0 Å². The van der Waals surface area contributed by atoms with Crippen molar-refractivity contribution in [2.24, 2.45) is 5.92 Å². The van der Waals surface area contributed by atoms with Gasteiger partial charge in [0.2, 0.25) is 5.91 Å². The molecule has 0 saturated heterocycles. The van der Waals surface area contributed by atoms with Crippen molar-refractivity contribution < 1.29 is 22.7 Å². The molecule has 7 heteroatoms. The van der Waals surface area contributed by atoms with Crippen molar-refractivity contribution in [3.8, 4) is 5.75 Å². The summed E-state index contributed by atoms with van der Waals surface area (Å²) < 4.78 is 42.2. The Balaban J connectivity index is 1.59. The van der Waals surface area contributed by atoms with Crippen LogP contribution in [0.25, 0.3) is 0 Å². The number of alkyl halides is 3. The molecule has 0 spiro atoms. The maximum atomic E-state index is 12.4. The molecule has 2 atom stereocenters. The highest BCUT2D eigenvalue weighted by Gasteiger charge is 2.43. The van der Waals surface area contributed by atoms with Gasteiger partial charge in [0.1, 0.15) is 5.75 Å². The summed E-state index contributed by atoms with van der Waals surface area (Å²) in [6, 6.07) is 13.6. The normalized spacial score (nSPS) is 19.4. The van der Waals surface area contributed by atoms with E-state index in [-0.39, 0.29) is 35.6 Å². The zero-order chi connectivity index (χ0) is 18.0. The number of benzene rings is 2. The van der Waals surface area contributed by atoms with Crippen LogP contribution in [-0.4, -0.2) is 12.3 Å². The first-order chi connectivity index (χ1) is 11.8. The first kappa shape index (κ1) is 17.8. The quantitative estimate of drug-likeness (QED) is 0.766. The Kier molecular flexibility index (Phi) is 5.03. The number of amides is 1. The van der Waals surface area contributed by atoms with Gasteiger partial charge in [-0.15, -0.1) is 13.2 Å². The first-order valence-electron chi connectivity index (χ1n) is 7.70. The highest BCUT2D eigenvalue weighted by molar-refractivity contribution is 9.10. The fourth-order valence-corrected chi connectivity index (χ4v) is 3.19. The van der Waals surface area contributed by atoms with Crippen LogP contribution in [-0.2, 0) is 11.3 Å². The Morgan fingerprint density at radius 2 is 1.96 bits per heavy atom. The molecule has 0 heterocycles. The van der Waals surface area contributed by atoms with Crippen LogP contribution in [0.3, 0.4) is 0 Å². The fraction of sp³-hybridized carbons (Fsp3) is 0.278. The third kappa shape index (κ3) is 4.75. The van der Waals surface area contributed by atoms with Crippen molar-refractivity contribution >= 4 is 21.8 Å². The van der Waals surface area contributed by atoms with Gasteiger partial charge in [0.05, 0.1) is 0 Å². The van der Waals surface area contributed by atoms with Crippen LogP contribution >= 0.6 is 15.9 Å². The lowest BCUT2D eigenvalue weighted by molar-refractivity contribution is -0.274. The van der Waals surface area contributed by atoms with Crippen LogP contribution in [0.1, 0.15) is 23.5 Å². The van der Waals surface area contributed by atoms with Crippen LogP contribution in [0.5, 0.6) is 5.75 Å². The number of halogens is 4. The molecule has 3 nitrogen and oxygen atoms in total. The van der Waals surface area contributed by atoms with E-state index < -0.39 is 6.36 Å². The van der Waals surface area contributed by atoms with Gasteiger partial charge < -0.3 is 10.1 Å². The van der Waals surface area contributed by atoms with Gasteiger partial charge in [0.15, 0.2) is 0 Å². The summed E-state index contributed by atoms with van der Waals surface area (Å²) >= 11 is 3.40. The van der Waals surface area contributed by atoms with Gasteiger partial charge in [-0.3, -0.25) is 4.79 Å². The molecule has 2 unspecified atom stereocenters. The number of rotatable bonds is 5. The molecule has 1 fully saturated rings. The van der Waals surface area contributed by atoms with Crippen molar-refractivity contribution in [2.75, 3.05) is 0 Å². The molecule has 3 rings (SSSR count). The van der Waals surface area contributed by atoms with E-state index in [9.17, 15) is 18.0 Å².